The lowest BCUT2D eigenvalue weighted by atomic mass is 10.1. The van der Waals surface area contributed by atoms with Gasteiger partial charge in [0.05, 0.1) is 36.4 Å². The van der Waals surface area contributed by atoms with E-state index in [0.29, 0.717) is 33.0 Å². The van der Waals surface area contributed by atoms with Crippen LogP contribution < -0.4 is 23.8 Å². The molecular formula is C18H20N2O6S2. The molecule has 0 saturated carbocycles. The summed E-state index contributed by atoms with van der Waals surface area (Å²) in [6, 6.07) is 7.98. The fourth-order valence-electron chi connectivity index (χ4n) is 2.84. The summed E-state index contributed by atoms with van der Waals surface area (Å²) in [6.07, 6.45) is 0. The van der Waals surface area contributed by atoms with Crippen LogP contribution in [0.3, 0.4) is 0 Å². The van der Waals surface area contributed by atoms with Gasteiger partial charge in [0.15, 0.2) is 11.5 Å². The Hall–Kier alpha value is -2.56. The number of ether oxygens (including phenoxy) is 3. The molecule has 2 aromatic carbocycles. The van der Waals surface area contributed by atoms with Crippen molar-refractivity contribution in [3.63, 3.8) is 0 Å². The predicted molar refractivity (Wildman–Crippen MR) is 107 cm³/mol. The molecule has 0 spiro atoms. The van der Waals surface area contributed by atoms with Gasteiger partial charge in [-0.25, -0.2) is 13.1 Å². The molecule has 10 heteroatoms. The van der Waals surface area contributed by atoms with Gasteiger partial charge < -0.3 is 18.8 Å². The van der Waals surface area contributed by atoms with Gasteiger partial charge in [-0.15, -0.1) is 0 Å². The molecule has 3 aromatic rings. The molecule has 0 saturated heterocycles. The molecule has 0 aliphatic carbocycles. The van der Waals surface area contributed by atoms with E-state index >= 15 is 0 Å². The average Bonchev–Trinajstić information content (AvgIpc) is 2.98. The van der Waals surface area contributed by atoms with Gasteiger partial charge in [-0.2, -0.15) is 0 Å². The molecule has 0 amide bonds. The van der Waals surface area contributed by atoms with E-state index in [-0.39, 0.29) is 16.3 Å². The molecule has 1 heterocycles. The maximum atomic E-state index is 12.7. The first-order valence-electron chi connectivity index (χ1n) is 8.19. The van der Waals surface area contributed by atoms with Crippen LogP contribution in [0, 0.1) is 0 Å². The van der Waals surface area contributed by atoms with Crippen molar-refractivity contribution in [1.82, 2.24) is 9.29 Å². The Morgan fingerprint density at radius 1 is 1.04 bits per heavy atom. The highest BCUT2D eigenvalue weighted by Crippen LogP contribution is 2.39. The maximum absolute atomic E-state index is 12.7. The number of aromatic nitrogens is 1. The highest BCUT2D eigenvalue weighted by Gasteiger charge is 2.20. The molecule has 150 valence electrons. The lowest BCUT2D eigenvalue weighted by Gasteiger charge is -2.16. The number of benzene rings is 2. The number of hydrogen-bond donors (Lipinski definition) is 1. The molecule has 8 nitrogen and oxygen atoms in total. The van der Waals surface area contributed by atoms with Crippen LogP contribution in [0.25, 0.3) is 10.2 Å². The molecule has 3 rings (SSSR count). The quantitative estimate of drug-likeness (QED) is 0.624. The molecule has 0 aliphatic rings. The molecule has 1 N–H and O–H groups in total. The summed E-state index contributed by atoms with van der Waals surface area (Å²) in [7, 11) is 2.32. The van der Waals surface area contributed by atoms with E-state index in [9.17, 15) is 13.2 Å². The van der Waals surface area contributed by atoms with Crippen molar-refractivity contribution in [3.8, 4) is 17.2 Å². The molecule has 0 atom stereocenters. The summed E-state index contributed by atoms with van der Waals surface area (Å²) in [5, 5.41) is 0. The van der Waals surface area contributed by atoms with Crippen LogP contribution in [0.2, 0.25) is 0 Å². The highest BCUT2D eigenvalue weighted by molar-refractivity contribution is 7.89. The zero-order valence-electron chi connectivity index (χ0n) is 15.8. The molecule has 0 aliphatic heterocycles. The first kappa shape index (κ1) is 20.2. The van der Waals surface area contributed by atoms with Crippen molar-refractivity contribution in [3.05, 3.63) is 45.6 Å². The van der Waals surface area contributed by atoms with Gasteiger partial charge >= 0.3 is 4.87 Å². The fraction of sp³-hybridized carbons (Fsp3) is 0.278. The Labute approximate surface area is 166 Å². The Balaban J connectivity index is 1.91. The second-order valence-corrected chi connectivity index (χ2v) is 8.63. The Bertz CT molecular complexity index is 1180. The number of methoxy groups -OCH3 is 3. The standard InChI is InChI=1S/C18H20N2O6S2/c1-20-13-7-6-12(9-15(13)27-18(20)21)28(22,23)19-10-11-5-8-14(24-2)17(26-4)16(11)25-3/h5-9,19H,10H2,1-4H3. The van der Waals surface area contributed by atoms with E-state index in [2.05, 4.69) is 4.72 Å². The fourth-order valence-corrected chi connectivity index (χ4v) is 4.87. The van der Waals surface area contributed by atoms with Crippen LogP contribution in [0.15, 0.2) is 40.0 Å². The number of rotatable bonds is 7. The van der Waals surface area contributed by atoms with E-state index in [1.165, 1.54) is 38.0 Å². The number of sulfonamides is 1. The first-order chi connectivity index (χ1) is 13.3. The summed E-state index contributed by atoms with van der Waals surface area (Å²) in [5.74, 6) is 1.26. The van der Waals surface area contributed by atoms with Crippen LogP contribution >= 0.6 is 11.3 Å². The third-order valence-corrected chi connectivity index (χ3v) is 6.71. The highest BCUT2D eigenvalue weighted by atomic mass is 32.2. The third kappa shape index (κ3) is 3.58. The maximum Gasteiger partial charge on any atom is 0.307 e. The van der Waals surface area contributed by atoms with E-state index in [1.807, 2.05) is 0 Å². The summed E-state index contributed by atoms with van der Waals surface area (Å²) in [5.41, 5.74) is 1.28. The second kappa shape index (κ2) is 7.82. The number of fused-ring (bicyclic) bond motifs is 1. The van der Waals surface area contributed by atoms with Crippen LogP contribution in [0.4, 0.5) is 0 Å². The van der Waals surface area contributed by atoms with Crippen molar-refractivity contribution >= 4 is 31.6 Å². The minimum Gasteiger partial charge on any atom is -0.493 e. The van der Waals surface area contributed by atoms with Gasteiger partial charge in [0.25, 0.3) is 0 Å². The molecule has 0 fully saturated rings. The van der Waals surface area contributed by atoms with Gasteiger partial charge in [0, 0.05) is 19.2 Å². The molecule has 28 heavy (non-hydrogen) atoms. The predicted octanol–water partition coefficient (Wildman–Crippen LogP) is 2.10. The van der Waals surface area contributed by atoms with Crippen LogP contribution in [-0.2, 0) is 23.6 Å². The normalized spacial score (nSPS) is 11.6. The van der Waals surface area contributed by atoms with Gasteiger partial charge in [-0.1, -0.05) is 17.4 Å². The number of nitrogens with one attached hydrogen (secondary N) is 1. The van der Waals surface area contributed by atoms with Crippen molar-refractivity contribution in [2.45, 2.75) is 11.4 Å². The van der Waals surface area contributed by atoms with Gasteiger partial charge in [-0.05, 0) is 24.3 Å². The van der Waals surface area contributed by atoms with Crippen molar-refractivity contribution in [2.75, 3.05) is 21.3 Å². The minimum absolute atomic E-state index is 0.00504. The van der Waals surface area contributed by atoms with Gasteiger partial charge in [0.2, 0.25) is 15.8 Å². The van der Waals surface area contributed by atoms with E-state index in [4.69, 9.17) is 14.2 Å². The van der Waals surface area contributed by atoms with E-state index < -0.39 is 10.0 Å². The molecule has 0 radical (unpaired) electrons. The number of nitrogens with zero attached hydrogens (tertiary/aromatic N) is 1. The van der Waals surface area contributed by atoms with Gasteiger partial charge in [0.1, 0.15) is 0 Å². The van der Waals surface area contributed by atoms with Crippen molar-refractivity contribution < 1.29 is 22.6 Å². The monoisotopic (exact) mass is 424 g/mol. The molecular weight excluding hydrogens is 404 g/mol. The second-order valence-electron chi connectivity index (χ2n) is 5.87. The minimum atomic E-state index is -3.80. The lowest BCUT2D eigenvalue weighted by molar-refractivity contribution is 0.322. The van der Waals surface area contributed by atoms with E-state index in [1.54, 1.807) is 25.2 Å². The van der Waals surface area contributed by atoms with Crippen molar-refractivity contribution in [2.24, 2.45) is 7.05 Å². The van der Waals surface area contributed by atoms with Crippen molar-refractivity contribution in [1.29, 1.82) is 0 Å². The summed E-state index contributed by atoms with van der Waals surface area (Å²) >= 11 is 1.00. The Morgan fingerprint density at radius 2 is 1.75 bits per heavy atom. The topological polar surface area (TPSA) is 95.9 Å². The first-order valence-corrected chi connectivity index (χ1v) is 10.5. The van der Waals surface area contributed by atoms with Crippen LogP contribution in [0.5, 0.6) is 17.2 Å². The smallest absolute Gasteiger partial charge is 0.307 e. The molecule has 0 bridgehead atoms. The summed E-state index contributed by atoms with van der Waals surface area (Å²) in [6.45, 7) is -0.00504. The SMILES string of the molecule is COc1ccc(CNS(=O)(=O)c2ccc3c(c2)sc(=O)n3C)c(OC)c1OC. The third-order valence-electron chi connectivity index (χ3n) is 4.31. The van der Waals surface area contributed by atoms with E-state index in [0.717, 1.165) is 11.3 Å². The van der Waals surface area contributed by atoms with Crippen LogP contribution in [0.1, 0.15) is 5.56 Å². The van der Waals surface area contributed by atoms with Gasteiger partial charge in [-0.3, -0.25) is 4.79 Å². The zero-order chi connectivity index (χ0) is 20.5. The number of aryl methyl sites for hydroxylation is 1. The lowest BCUT2D eigenvalue weighted by Crippen LogP contribution is -2.23. The average molecular weight is 425 g/mol. The molecule has 1 aromatic heterocycles. The largest absolute Gasteiger partial charge is 0.493 e. The Morgan fingerprint density at radius 3 is 2.39 bits per heavy atom. The summed E-state index contributed by atoms with van der Waals surface area (Å²) < 4.78 is 46.0. The van der Waals surface area contributed by atoms with Crippen LogP contribution in [-0.4, -0.2) is 34.3 Å². The Kier molecular flexibility index (Phi) is 5.64. The number of hydrogen-bond acceptors (Lipinski definition) is 7. The molecule has 0 unspecified atom stereocenters. The number of thiazole rings is 1. The summed E-state index contributed by atoms with van der Waals surface area (Å²) in [4.78, 5) is 11.7. The zero-order valence-corrected chi connectivity index (χ0v) is 17.4.